The number of amides is 1. The van der Waals surface area contributed by atoms with Gasteiger partial charge >= 0.3 is 0 Å². The molecule has 0 bridgehead atoms. The smallest absolute Gasteiger partial charge is 0.257 e. The highest BCUT2D eigenvalue weighted by Gasteiger charge is 2.10. The highest BCUT2D eigenvalue weighted by Crippen LogP contribution is 2.30. The molecule has 0 saturated carbocycles. The van der Waals surface area contributed by atoms with Crippen molar-refractivity contribution in [2.24, 2.45) is 5.14 Å². The van der Waals surface area contributed by atoms with Gasteiger partial charge in [-0.3, -0.25) is 4.79 Å². The molecular formula is C20H21ClN6O4S. The molecule has 2 aromatic carbocycles. The van der Waals surface area contributed by atoms with Gasteiger partial charge in [0, 0.05) is 30.2 Å². The number of hydrogen-bond donors (Lipinski definition) is 4. The number of sulfonamides is 1. The lowest BCUT2D eigenvalue weighted by Gasteiger charge is -2.13. The normalized spacial score (nSPS) is 11.0. The maximum Gasteiger partial charge on any atom is 0.257 e. The molecule has 3 aromatic rings. The first-order valence-corrected chi connectivity index (χ1v) is 11.2. The number of rotatable bonds is 8. The van der Waals surface area contributed by atoms with Crippen molar-refractivity contribution in [1.29, 1.82) is 0 Å². The average molecular weight is 477 g/mol. The van der Waals surface area contributed by atoms with Gasteiger partial charge in [-0.05, 0) is 49.4 Å². The second-order valence-electron chi connectivity index (χ2n) is 6.65. The number of benzene rings is 2. The molecule has 3 rings (SSSR count). The van der Waals surface area contributed by atoms with Crippen LogP contribution >= 0.6 is 11.6 Å². The van der Waals surface area contributed by atoms with Gasteiger partial charge < -0.3 is 20.7 Å². The van der Waals surface area contributed by atoms with E-state index >= 15 is 0 Å². The van der Waals surface area contributed by atoms with Crippen molar-refractivity contribution in [2.75, 3.05) is 24.3 Å². The molecule has 1 amide bonds. The Balaban J connectivity index is 1.73. The van der Waals surface area contributed by atoms with E-state index in [0.29, 0.717) is 33.9 Å². The van der Waals surface area contributed by atoms with Crippen molar-refractivity contribution in [3.63, 3.8) is 0 Å². The summed E-state index contributed by atoms with van der Waals surface area (Å²) < 4.78 is 28.1. The number of carbonyl (C=O) groups excluding carboxylic acids is 1. The maximum absolute atomic E-state index is 11.4. The minimum absolute atomic E-state index is 0.00913. The van der Waals surface area contributed by atoms with Crippen molar-refractivity contribution >= 4 is 50.7 Å². The molecule has 0 radical (unpaired) electrons. The summed E-state index contributed by atoms with van der Waals surface area (Å²) in [5.41, 5.74) is 2.04. The van der Waals surface area contributed by atoms with E-state index in [1.54, 1.807) is 36.5 Å². The van der Waals surface area contributed by atoms with Crippen LogP contribution in [-0.4, -0.2) is 37.9 Å². The molecule has 1 aromatic heterocycles. The van der Waals surface area contributed by atoms with Crippen LogP contribution in [0.2, 0.25) is 5.02 Å². The number of nitrogens with one attached hydrogen (secondary N) is 3. The van der Waals surface area contributed by atoms with Crippen LogP contribution in [0.5, 0.6) is 5.75 Å². The van der Waals surface area contributed by atoms with Crippen LogP contribution in [0.1, 0.15) is 5.56 Å². The summed E-state index contributed by atoms with van der Waals surface area (Å²) in [4.78, 5) is 20.0. The Bertz CT molecular complexity index is 1240. The molecule has 0 spiro atoms. The van der Waals surface area contributed by atoms with Gasteiger partial charge in [-0.1, -0.05) is 11.6 Å². The standard InChI is InChI=1S/C20H21ClN6O4S/c1-12-10-24-20(26-13-3-6-15(7-4-13)32(22,29)30)27-19(12)25-14-5-8-17(16(21)9-14)31-11-18(28)23-2/h3-10H,11H2,1-2H3,(H,23,28)(H2,22,29,30)(H2,24,25,26,27). The van der Waals surface area contributed by atoms with E-state index in [9.17, 15) is 13.2 Å². The first kappa shape index (κ1) is 23.3. The lowest BCUT2D eigenvalue weighted by atomic mass is 10.2. The number of halogens is 1. The molecular weight excluding hydrogens is 456 g/mol. The van der Waals surface area contributed by atoms with Crippen LogP contribution in [0.15, 0.2) is 53.6 Å². The summed E-state index contributed by atoms with van der Waals surface area (Å²) in [6.45, 7) is 1.71. The first-order valence-electron chi connectivity index (χ1n) is 9.29. The van der Waals surface area contributed by atoms with Gasteiger partial charge in [0.25, 0.3) is 5.91 Å². The zero-order valence-electron chi connectivity index (χ0n) is 17.2. The summed E-state index contributed by atoms with van der Waals surface area (Å²) in [6.07, 6.45) is 1.64. The molecule has 10 nitrogen and oxygen atoms in total. The lowest BCUT2D eigenvalue weighted by Crippen LogP contribution is -2.24. The second-order valence-corrected chi connectivity index (χ2v) is 8.62. The van der Waals surface area contributed by atoms with Gasteiger partial charge in [0.1, 0.15) is 11.6 Å². The van der Waals surface area contributed by atoms with Crippen LogP contribution in [0.4, 0.5) is 23.1 Å². The van der Waals surface area contributed by atoms with E-state index in [4.69, 9.17) is 21.5 Å². The minimum Gasteiger partial charge on any atom is -0.482 e. The summed E-state index contributed by atoms with van der Waals surface area (Å²) >= 11 is 6.25. The number of likely N-dealkylation sites (N-methyl/N-ethyl adjacent to an activating group) is 1. The molecule has 0 atom stereocenters. The van der Waals surface area contributed by atoms with E-state index in [2.05, 4.69) is 25.9 Å². The number of nitrogens with two attached hydrogens (primary N) is 1. The monoisotopic (exact) mass is 476 g/mol. The third kappa shape index (κ3) is 6.06. The molecule has 5 N–H and O–H groups in total. The summed E-state index contributed by atoms with van der Waals surface area (Å²) in [7, 11) is -2.24. The van der Waals surface area contributed by atoms with E-state index in [1.807, 2.05) is 6.92 Å². The van der Waals surface area contributed by atoms with Gasteiger partial charge in [0.15, 0.2) is 6.61 Å². The number of nitrogens with zero attached hydrogens (tertiary/aromatic N) is 2. The predicted octanol–water partition coefficient (Wildman–Crippen LogP) is 2.70. The van der Waals surface area contributed by atoms with E-state index in [1.165, 1.54) is 19.2 Å². The number of aryl methyl sites for hydroxylation is 1. The molecule has 0 saturated heterocycles. The molecule has 0 aliphatic heterocycles. The molecule has 32 heavy (non-hydrogen) atoms. The highest BCUT2D eigenvalue weighted by atomic mass is 35.5. The molecule has 0 aliphatic rings. The van der Waals surface area contributed by atoms with Crippen molar-refractivity contribution < 1.29 is 17.9 Å². The second kappa shape index (κ2) is 9.81. The third-order valence-corrected chi connectivity index (χ3v) is 5.47. The molecule has 168 valence electrons. The van der Waals surface area contributed by atoms with Crippen LogP contribution in [0, 0.1) is 6.92 Å². The van der Waals surface area contributed by atoms with Gasteiger partial charge in [0.2, 0.25) is 16.0 Å². The molecule has 1 heterocycles. The van der Waals surface area contributed by atoms with Crippen molar-refractivity contribution in [1.82, 2.24) is 15.3 Å². The van der Waals surface area contributed by atoms with Crippen LogP contribution in [0.25, 0.3) is 0 Å². The van der Waals surface area contributed by atoms with Crippen LogP contribution < -0.4 is 25.8 Å². The highest BCUT2D eigenvalue weighted by molar-refractivity contribution is 7.89. The fraction of sp³-hybridized carbons (Fsp3) is 0.150. The van der Waals surface area contributed by atoms with Gasteiger partial charge in [-0.2, -0.15) is 4.98 Å². The number of anilines is 4. The largest absolute Gasteiger partial charge is 0.482 e. The summed E-state index contributed by atoms with van der Waals surface area (Å²) in [6, 6.07) is 11.0. The van der Waals surface area contributed by atoms with Crippen molar-refractivity contribution in [3.8, 4) is 5.75 Å². The van der Waals surface area contributed by atoms with E-state index in [-0.39, 0.29) is 17.4 Å². The molecule has 0 unspecified atom stereocenters. The van der Waals surface area contributed by atoms with Gasteiger partial charge in [-0.25, -0.2) is 18.5 Å². The van der Waals surface area contributed by atoms with Crippen molar-refractivity contribution in [3.05, 3.63) is 59.2 Å². The Kier molecular flexibility index (Phi) is 7.13. The Hall–Kier alpha value is -3.41. The fourth-order valence-corrected chi connectivity index (χ4v) is 3.28. The first-order chi connectivity index (χ1) is 15.2. The lowest BCUT2D eigenvalue weighted by molar-refractivity contribution is -0.122. The SMILES string of the molecule is CNC(=O)COc1ccc(Nc2nc(Nc3ccc(S(N)(=O)=O)cc3)ncc2C)cc1Cl. The Morgan fingerprint density at radius 3 is 2.44 bits per heavy atom. The van der Waals surface area contributed by atoms with Crippen LogP contribution in [0.3, 0.4) is 0 Å². The number of carbonyl (C=O) groups is 1. The maximum atomic E-state index is 11.4. The average Bonchev–Trinajstić information content (AvgIpc) is 2.75. The Labute approximate surface area is 190 Å². The number of aromatic nitrogens is 2. The summed E-state index contributed by atoms with van der Waals surface area (Å²) in [5.74, 6) is 0.960. The van der Waals surface area contributed by atoms with Crippen molar-refractivity contribution in [2.45, 2.75) is 11.8 Å². The fourth-order valence-electron chi connectivity index (χ4n) is 2.53. The number of ether oxygens (including phenoxy) is 1. The number of hydrogen-bond acceptors (Lipinski definition) is 8. The molecule has 12 heteroatoms. The topological polar surface area (TPSA) is 148 Å². The third-order valence-electron chi connectivity index (χ3n) is 4.24. The van der Waals surface area contributed by atoms with E-state index < -0.39 is 10.0 Å². The molecule has 0 fully saturated rings. The quantitative estimate of drug-likeness (QED) is 0.387. The zero-order valence-corrected chi connectivity index (χ0v) is 18.8. The van der Waals surface area contributed by atoms with Crippen LogP contribution in [-0.2, 0) is 14.8 Å². The van der Waals surface area contributed by atoms with Gasteiger partial charge in [0.05, 0.1) is 9.92 Å². The van der Waals surface area contributed by atoms with E-state index in [0.717, 1.165) is 5.56 Å². The zero-order chi connectivity index (χ0) is 23.3. The predicted molar refractivity (Wildman–Crippen MR) is 122 cm³/mol. The Morgan fingerprint density at radius 2 is 1.81 bits per heavy atom. The Morgan fingerprint density at radius 1 is 1.12 bits per heavy atom. The van der Waals surface area contributed by atoms with Gasteiger partial charge in [-0.15, -0.1) is 0 Å². The summed E-state index contributed by atoms with van der Waals surface area (Å²) in [5, 5.41) is 14.1. The number of primary sulfonamides is 1. The molecule has 0 aliphatic carbocycles. The minimum atomic E-state index is -3.76.